The molecule has 0 aliphatic carbocycles. The van der Waals surface area contributed by atoms with Crippen LogP contribution >= 0.6 is 11.8 Å². The molecule has 90 valence electrons. The Morgan fingerprint density at radius 1 is 1.35 bits per heavy atom. The number of nitrogens with two attached hydrogens (primary N) is 1. The van der Waals surface area contributed by atoms with Crippen molar-refractivity contribution in [3.8, 4) is 0 Å². The van der Waals surface area contributed by atoms with Gasteiger partial charge in [-0.25, -0.2) is 4.39 Å². The van der Waals surface area contributed by atoms with Crippen LogP contribution in [0.25, 0.3) is 0 Å². The van der Waals surface area contributed by atoms with Crippen LogP contribution in [0.2, 0.25) is 0 Å². The molecule has 2 N–H and O–H groups in total. The number of hydrogen-bond acceptors (Lipinski definition) is 5. The molecule has 0 saturated carbocycles. The summed E-state index contributed by atoms with van der Waals surface area (Å²) in [4.78, 5) is 0. The van der Waals surface area contributed by atoms with E-state index in [0.29, 0.717) is 16.9 Å². The topological polar surface area (TPSA) is 64.9 Å². The van der Waals surface area contributed by atoms with Crippen LogP contribution in [-0.4, -0.2) is 10.2 Å². The van der Waals surface area contributed by atoms with Crippen molar-refractivity contribution < 1.29 is 8.81 Å². The second kappa shape index (κ2) is 5.29. The number of nitrogens with zero attached hydrogens (tertiary/aromatic N) is 2. The second-order valence-corrected chi connectivity index (χ2v) is 4.54. The van der Waals surface area contributed by atoms with Gasteiger partial charge < -0.3 is 10.2 Å². The Morgan fingerprint density at radius 3 is 2.65 bits per heavy atom. The summed E-state index contributed by atoms with van der Waals surface area (Å²) in [7, 11) is 0. The normalized spacial score (nSPS) is 12.6. The molecule has 1 aromatic heterocycles. The Labute approximate surface area is 102 Å². The summed E-state index contributed by atoms with van der Waals surface area (Å²) in [6.45, 7) is 1.78. The molecule has 0 amide bonds. The van der Waals surface area contributed by atoms with Crippen molar-refractivity contribution in [2.45, 2.75) is 23.9 Å². The molecule has 1 atom stereocenters. The quantitative estimate of drug-likeness (QED) is 0.848. The average Bonchev–Trinajstić information content (AvgIpc) is 2.77. The van der Waals surface area contributed by atoms with Crippen molar-refractivity contribution in [2.24, 2.45) is 5.73 Å². The van der Waals surface area contributed by atoms with Crippen LogP contribution in [0.5, 0.6) is 0 Å². The van der Waals surface area contributed by atoms with Crippen LogP contribution < -0.4 is 5.73 Å². The summed E-state index contributed by atoms with van der Waals surface area (Å²) in [5.41, 5.74) is 6.60. The van der Waals surface area contributed by atoms with Gasteiger partial charge in [0.2, 0.25) is 5.89 Å². The zero-order valence-corrected chi connectivity index (χ0v) is 10.1. The molecule has 1 unspecified atom stereocenters. The summed E-state index contributed by atoms with van der Waals surface area (Å²) < 4.78 is 18.0. The van der Waals surface area contributed by atoms with E-state index in [4.69, 9.17) is 10.2 Å². The smallest absolute Gasteiger partial charge is 0.276 e. The van der Waals surface area contributed by atoms with Crippen molar-refractivity contribution >= 4 is 11.8 Å². The maximum absolute atomic E-state index is 12.7. The minimum atomic E-state index is -0.261. The minimum absolute atomic E-state index is 0.240. The highest BCUT2D eigenvalue weighted by atomic mass is 32.2. The van der Waals surface area contributed by atoms with Crippen LogP contribution in [0.4, 0.5) is 4.39 Å². The molecule has 0 spiro atoms. The first-order valence-corrected chi connectivity index (χ1v) is 6.10. The highest BCUT2D eigenvalue weighted by molar-refractivity contribution is 7.98. The standard InChI is InChI=1S/C11H12FN3OS/c1-7(13)10-14-15-11(16-10)17-6-8-2-4-9(12)5-3-8/h2-5,7H,6,13H2,1H3. The summed E-state index contributed by atoms with van der Waals surface area (Å²) in [5.74, 6) is 0.836. The predicted octanol–water partition coefficient (Wildman–Crippen LogP) is 2.52. The van der Waals surface area contributed by atoms with E-state index >= 15 is 0 Å². The molecule has 1 aromatic carbocycles. The molecule has 0 aliphatic heterocycles. The summed E-state index contributed by atoms with van der Waals surface area (Å²) >= 11 is 1.40. The number of hydrogen-bond donors (Lipinski definition) is 1. The molecule has 6 heteroatoms. The van der Waals surface area contributed by atoms with E-state index in [0.717, 1.165) is 5.56 Å². The summed E-state index contributed by atoms with van der Waals surface area (Å²) in [5, 5.41) is 8.16. The molecule has 1 heterocycles. The second-order valence-electron chi connectivity index (χ2n) is 3.61. The van der Waals surface area contributed by atoms with Gasteiger partial charge in [-0.15, -0.1) is 10.2 Å². The Bertz CT molecular complexity index is 484. The lowest BCUT2D eigenvalue weighted by molar-refractivity contribution is 0.394. The Balaban J connectivity index is 1.95. The first-order valence-electron chi connectivity index (χ1n) is 5.11. The molecule has 0 fully saturated rings. The first-order chi connectivity index (χ1) is 8.15. The van der Waals surface area contributed by atoms with Crippen LogP contribution in [0.1, 0.15) is 24.4 Å². The fraction of sp³-hybridized carbons (Fsp3) is 0.273. The molecule has 0 radical (unpaired) electrons. The van der Waals surface area contributed by atoms with Gasteiger partial charge in [-0.05, 0) is 24.6 Å². The van der Waals surface area contributed by atoms with Crippen molar-refractivity contribution in [2.75, 3.05) is 0 Å². The van der Waals surface area contributed by atoms with Crippen LogP contribution in [0.15, 0.2) is 33.9 Å². The van der Waals surface area contributed by atoms with E-state index in [1.807, 2.05) is 0 Å². The molecule has 4 nitrogen and oxygen atoms in total. The third-order valence-corrected chi connectivity index (χ3v) is 2.98. The maximum Gasteiger partial charge on any atom is 0.276 e. The van der Waals surface area contributed by atoms with E-state index in [1.54, 1.807) is 19.1 Å². The molecule has 0 aliphatic rings. The highest BCUT2D eigenvalue weighted by Crippen LogP contribution is 2.22. The monoisotopic (exact) mass is 253 g/mol. The molecule has 17 heavy (non-hydrogen) atoms. The zero-order valence-electron chi connectivity index (χ0n) is 9.26. The van der Waals surface area contributed by atoms with Gasteiger partial charge in [-0.2, -0.15) is 0 Å². The Morgan fingerprint density at radius 2 is 2.06 bits per heavy atom. The van der Waals surface area contributed by atoms with Gasteiger partial charge >= 0.3 is 0 Å². The number of halogens is 1. The van der Waals surface area contributed by atoms with Crippen molar-refractivity contribution in [3.63, 3.8) is 0 Å². The number of aromatic nitrogens is 2. The van der Waals surface area contributed by atoms with Gasteiger partial charge in [0.1, 0.15) is 5.82 Å². The van der Waals surface area contributed by atoms with Gasteiger partial charge in [0.05, 0.1) is 6.04 Å². The van der Waals surface area contributed by atoms with Crippen molar-refractivity contribution in [1.82, 2.24) is 10.2 Å². The Kier molecular flexibility index (Phi) is 3.75. The SMILES string of the molecule is CC(N)c1nnc(SCc2ccc(F)cc2)o1. The summed E-state index contributed by atoms with van der Waals surface area (Å²) in [6.07, 6.45) is 0. The molecule has 2 aromatic rings. The third-order valence-electron chi connectivity index (χ3n) is 2.09. The molecule has 0 saturated heterocycles. The lowest BCUT2D eigenvalue weighted by atomic mass is 10.2. The molecular weight excluding hydrogens is 241 g/mol. The fourth-order valence-corrected chi connectivity index (χ4v) is 1.91. The lowest BCUT2D eigenvalue weighted by Crippen LogP contribution is -2.04. The third kappa shape index (κ3) is 3.28. The lowest BCUT2D eigenvalue weighted by Gasteiger charge is -1.98. The number of benzene rings is 1. The minimum Gasteiger partial charge on any atom is -0.414 e. The van der Waals surface area contributed by atoms with Gasteiger partial charge in [0.25, 0.3) is 5.22 Å². The molecule has 2 rings (SSSR count). The highest BCUT2D eigenvalue weighted by Gasteiger charge is 2.10. The van der Waals surface area contributed by atoms with Crippen molar-refractivity contribution in [1.29, 1.82) is 0 Å². The van der Waals surface area contributed by atoms with Crippen LogP contribution in [0.3, 0.4) is 0 Å². The van der Waals surface area contributed by atoms with E-state index in [-0.39, 0.29) is 11.9 Å². The van der Waals surface area contributed by atoms with Gasteiger partial charge in [-0.3, -0.25) is 0 Å². The summed E-state index contributed by atoms with van der Waals surface area (Å²) in [6, 6.07) is 6.05. The zero-order chi connectivity index (χ0) is 12.3. The Hall–Kier alpha value is -1.40. The predicted molar refractivity (Wildman–Crippen MR) is 62.9 cm³/mol. The van der Waals surface area contributed by atoms with Crippen LogP contribution in [-0.2, 0) is 5.75 Å². The van der Waals surface area contributed by atoms with Crippen molar-refractivity contribution in [3.05, 3.63) is 41.5 Å². The fourth-order valence-electron chi connectivity index (χ4n) is 1.19. The van der Waals surface area contributed by atoms with E-state index in [2.05, 4.69) is 10.2 Å². The largest absolute Gasteiger partial charge is 0.414 e. The maximum atomic E-state index is 12.7. The molecular formula is C11H12FN3OS. The van der Waals surface area contributed by atoms with Gasteiger partial charge in [0.15, 0.2) is 0 Å². The number of rotatable bonds is 4. The average molecular weight is 253 g/mol. The van der Waals surface area contributed by atoms with E-state index in [9.17, 15) is 4.39 Å². The number of thioether (sulfide) groups is 1. The van der Waals surface area contributed by atoms with E-state index in [1.165, 1.54) is 23.9 Å². The van der Waals surface area contributed by atoms with Gasteiger partial charge in [0, 0.05) is 5.75 Å². The first kappa shape index (κ1) is 12.1. The van der Waals surface area contributed by atoms with Crippen LogP contribution in [0, 0.1) is 5.82 Å². The molecule has 0 bridgehead atoms. The van der Waals surface area contributed by atoms with E-state index < -0.39 is 0 Å². The van der Waals surface area contributed by atoms with Gasteiger partial charge in [-0.1, -0.05) is 23.9 Å².